The van der Waals surface area contributed by atoms with Gasteiger partial charge in [0.25, 0.3) is 0 Å². The van der Waals surface area contributed by atoms with Gasteiger partial charge in [0.15, 0.2) is 11.7 Å². The van der Waals surface area contributed by atoms with E-state index in [4.69, 9.17) is 21.3 Å². The predicted molar refractivity (Wildman–Crippen MR) is 98.3 cm³/mol. The fraction of sp³-hybridized carbons (Fsp3) is 0.150. The molecule has 0 aliphatic rings. The summed E-state index contributed by atoms with van der Waals surface area (Å²) in [6.45, 7) is 0.380. The molecule has 0 aliphatic heterocycles. The van der Waals surface area contributed by atoms with Crippen molar-refractivity contribution in [2.24, 2.45) is 0 Å². The summed E-state index contributed by atoms with van der Waals surface area (Å²) < 4.78 is 5.68. The number of carbonyl (C=O) groups is 1. The monoisotopic (exact) mass is 365 g/mol. The Kier molecular flexibility index (Phi) is 5.67. The van der Waals surface area contributed by atoms with Crippen LogP contribution in [0.25, 0.3) is 11.3 Å². The molecule has 1 N–H and O–H groups in total. The smallest absolute Gasteiger partial charge is 0.220 e. The third kappa shape index (κ3) is 4.50. The molecular weight excluding hydrogens is 350 g/mol. The summed E-state index contributed by atoms with van der Waals surface area (Å²) in [6.07, 6.45) is 2.27. The molecule has 0 fully saturated rings. The molecular formula is C20H16ClN3O2. The van der Waals surface area contributed by atoms with Crippen LogP contribution in [0, 0.1) is 11.3 Å². The third-order valence-electron chi connectivity index (χ3n) is 3.80. The second kappa shape index (κ2) is 8.32. The van der Waals surface area contributed by atoms with E-state index in [0.29, 0.717) is 35.2 Å². The number of halogens is 1. The number of amides is 1. The Morgan fingerprint density at radius 1 is 1.23 bits per heavy atom. The zero-order valence-electron chi connectivity index (χ0n) is 13.9. The molecule has 0 saturated carbocycles. The van der Waals surface area contributed by atoms with Crippen LogP contribution in [0.4, 0.5) is 0 Å². The van der Waals surface area contributed by atoms with Crippen molar-refractivity contribution in [1.82, 2.24) is 10.3 Å². The van der Waals surface area contributed by atoms with E-state index < -0.39 is 0 Å². The van der Waals surface area contributed by atoms with Gasteiger partial charge in [-0.1, -0.05) is 35.9 Å². The minimum Gasteiger partial charge on any atom is -0.441 e. The van der Waals surface area contributed by atoms with Crippen molar-refractivity contribution in [2.45, 2.75) is 19.4 Å². The van der Waals surface area contributed by atoms with Crippen LogP contribution in [0.1, 0.15) is 23.4 Å². The molecule has 1 amide bonds. The molecule has 26 heavy (non-hydrogen) atoms. The average Bonchev–Trinajstić information content (AvgIpc) is 3.14. The maximum Gasteiger partial charge on any atom is 0.220 e. The van der Waals surface area contributed by atoms with Gasteiger partial charge in [-0.2, -0.15) is 5.26 Å². The van der Waals surface area contributed by atoms with Crippen LogP contribution in [-0.4, -0.2) is 10.9 Å². The quantitative estimate of drug-likeness (QED) is 0.712. The maximum absolute atomic E-state index is 12.0. The predicted octanol–water partition coefficient (Wildman–Crippen LogP) is 4.12. The van der Waals surface area contributed by atoms with Crippen molar-refractivity contribution in [1.29, 1.82) is 5.26 Å². The summed E-state index contributed by atoms with van der Waals surface area (Å²) in [7, 11) is 0. The highest BCUT2D eigenvalue weighted by atomic mass is 35.5. The number of aromatic nitrogens is 1. The van der Waals surface area contributed by atoms with E-state index in [1.807, 2.05) is 24.3 Å². The van der Waals surface area contributed by atoms with Crippen LogP contribution in [0.5, 0.6) is 0 Å². The Morgan fingerprint density at radius 2 is 2.08 bits per heavy atom. The Balaban J connectivity index is 1.52. The lowest BCUT2D eigenvalue weighted by Gasteiger charge is -2.05. The number of benzene rings is 2. The van der Waals surface area contributed by atoms with Gasteiger partial charge in [0.1, 0.15) is 0 Å². The molecule has 2 aromatic carbocycles. The topological polar surface area (TPSA) is 78.9 Å². The highest BCUT2D eigenvalue weighted by Crippen LogP contribution is 2.28. The molecule has 1 aromatic heterocycles. The zero-order chi connectivity index (χ0) is 18.4. The summed E-state index contributed by atoms with van der Waals surface area (Å²) in [5.74, 6) is 0.964. The van der Waals surface area contributed by atoms with Crippen molar-refractivity contribution in [3.63, 3.8) is 0 Å². The molecule has 0 atom stereocenters. The van der Waals surface area contributed by atoms with Crippen LogP contribution in [0.2, 0.25) is 5.02 Å². The van der Waals surface area contributed by atoms with Gasteiger partial charge in [-0.05, 0) is 29.8 Å². The SMILES string of the molecule is N#Cc1cccc(CNC(=O)CCc2ncc(-c3ccccc3Cl)o2)c1. The van der Waals surface area contributed by atoms with E-state index in [1.165, 1.54) is 0 Å². The minimum atomic E-state index is -0.107. The summed E-state index contributed by atoms with van der Waals surface area (Å²) in [6, 6.07) is 16.6. The maximum atomic E-state index is 12.0. The minimum absolute atomic E-state index is 0.107. The molecule has 0 saturated heterocycles. The van der Waals surface area contributed by atoms with E-state index in [1.54, 1.807) is 30.5 Å². The second-order valence-corrected chi connectivity index (χ2v) is 6.09. The number of hydrogen-bond acceptors (Lipinski definition) is 4. The molecule has 3 aromatic rings. The van der Waals surface area contributed by atoms with E-state index in [0.717, 1.165) is 11.1 Å². The van der Waals surface area contributed by atoms with Gasteiger partial charge in [-0.25, -0.2) is 4.98 Å². The normalized spacial score (nSPS) is 10.3. The Labute approximate surface area is 156 Å². The fourth-order valence-electron chi connectivity index (χ4n) is 2.47. The van der Waals surface area contributed by atoms with Crippen LogP contribution >= 0.6 is 11.6 Å². The molecule has 3 rings (SSSR count). The third-order valence-corrected chi connectivity index (χ3v) is 4.13. The van der Waals surface area contributed by atoms with Gasteiger partial charge in [0.2, 0.25) is 5.91 Å². The molecule has 5 nitrogen and oxygen atoms in total. The Morgan fingerprint density at radius 3 is 2.88 bits per heavy atom. The number of nitriles is 1. The second-order valence-electron chi connectivity index (χ2n) is 5.69. The van der Waals surface area contributed by atoms with Gasteiger partial charge in [0, 0.05) is 24.9 Å². The number of carbonyl (C=O) groups excluding carboxylic acids is 1. The molecule has 0 radical (unpaired) electrons. The van der Waals surface area contributed by atoms with Crippen LogP contribution in [0.3, 0.4) is 0 Å². The van der Waals surface area contributed by atoms with E-state index in [-0.39, 0.29) is 12.3 Å². The first-order valence-corrected chi connectivity index (χ1v) is 8.49. The largest absolute Gasteiger partial charge is 0.441 e. The zero-order valence-corrected chi connectivity index (χ0v) is 14.7. The van der Waals surface area contributed by atoms with Crippen molar-refractivity contribution >= 4 is 17.5 Å². The highest BCUT2D eigenvalue weighted by molar-refractivity contribution is 6.33. The molecule has 0 unspecified atom stereocenters. The average molecular weight is 366 g/mol. The number of hydrogen-bond donors (Lipinski definition) is 1. The first-order valence-electron chi connectivity index (χ1n) is 8.11. The van der Waals surface area contributed by atoms with E-state index >= 15 is 0 Å². The van der Waals surface area contributed by atoms with E-state index in [9.17, 15) is 4.79 Å². The van der Waals surface area contributed by atoms with Gasteiger partial charge in [-0.15, -0.1) is 0 Å². The van der Waals surface area contributed by atoms with Gasteiger partial charge < -0.3 is 9.73 Å². The van der Waals surface area contributed by atoms with Crippen LogP contribution in [0.15, 0.2) is 59.1 Å². The van der Waals surface area contributed by atoms with Crippen molar-refractivity contribution in [2.75, 3.05) is 0 Å². The molecule has 6 heteroatoms. The van der Waals surface area contributed by atoms with Gasteiger partial charge in [-0.3, -0.25) is 4.79 Å². The summed E-state index contributed by atoms with van der Waals surface area (Å²) >= 11 is 6.14. The number of nitrogens with one attached hydrogen (secondary N) is 1. The molecule has 0 spiro atoms. The number of oxazole rings is 1. The standard InChI is InChI=1S/C20H16ClN3O2/c21-17-7-2-1-6-16(17)18-13-24-20(26-18)9-8-19(25)23-12-15-5-3-4-14(10-15)11-22/h1-7,10,13H,8-9,12H2,(H,23,25). The highest BCUT2D eigenvalue weighted by Gasteiger charge is 2.11. The summed E-state index contributed by atoms with van der Waals surface area (Å²) in [5, 5.41) is 12.3. The first kappa shape index (κ1) is 17.7. The lowest BCUT2D eigenvalue weighted by Crippen LogP contribution is -2.23. The van der Waals surface area contributed by atoms with Crippen molar-refractivity contribution < 1.29 is 9.21 Å². The fourth-order valence-corrected chi connectivity index (χ4v) is 2.70. The number of rotatable bonds is 6. The number of nitrogens with zero attached hydrogens (tertiary/aromatic N) is 2. The van der Waals surface area contributed by atoms with Gasteiger partial charge >= 0.3 is 0 Å². The van der Waals surface area contributed by atoms with Gasteiger partial charge in [0.05, 0.1) is 22.9 Å². The van der Waals surface area contributed by atoms with Crippen molar-refractivity contribution in [3.8, 4) is 17.4 Å². The van der Waals surface area contributed by atoms with Crippen LogP contribution < -0.4 is 5.32 Å². The van der Waals surface area contributed by atoms with E-state index in [2.05, 4.69) is 16.4 Å². The molecule has 130 valence electrons. The lowest BCUT2D eigenvalue weighted by atomic mass is 10.1. The summed E-state index contributed by atoms with van der Waals surface area (Å²) in [5.41, 5.74) is 2.23. The Bertz CT molecular complexity index is 959. The molecule has 1 heterocycles. The lowest BCUT2D eigenvalue weighted by molar-refractivity contribution is -0.121. The van der Waals surface area contributed by atoms with Crippen molar-refractivity contribution in [3.05, 3.63) is 76.8 Å². The summed E-state index contributed by atoms with van der Waals surface area (Å²) in [4.78, 5) is 16.2. The number of aryl methyl sites for hydroxylation is 1. The molecule has 0 aliphatic carbocycles. The molecule has 0 bridgehead atoms. The Hall–Kier alpha value is -3.10. The van der Waals surface area contributed by atoms with Crippen LogP contribution in [-0.2, 0) is 17.8 Å². The first-order chi connectivity index (χ1) is 12.7.